The number of alkyl halides is 3. The van der Waals surface area contributed by atoms with Gasteiger partial charge in [0.2, 0.25) is 0 Å². The van der Waals surface area contributed by atoms with Crippen LogP contribution in [0.25, 0.3) is 11.3 Å². The number of rotatable bonds is 2. The third-order valence-corrected chi connectivity index (χ3v) is 5.02. The van der Waals surface area contributed by atoms with Crippen molar-refractivity contribution < 1.29 is 13.2 Å². The highest BCUT2D eigenvalue weighted by Gasteiger charge is 2.35. The number of hydrogen-bond donors (Lipinski definition) is 0. The van der Waals surface area contributed by atoms with E-state index in [2.05, 4.69) is 25.0 Å². The number of anilines is 2. The van der Waals surface area contributed by atoms with Crippen LogP contribution in [-0.4, -0.2) is 55.1 Å². The van der Waals surface area contributed by atoms with Crippen LogP contribution in [0.2, 0.25) is 0 Å². The van der Waals surface area contributed by atoms with Crippen LogP contribution >= 0.6 is 0 Å². The average Bonchev–Trinajstić information content (AvgIpc) is 3.33. The summed E-state index contributed by atoms with van der Waals surface area (Å²) in [5.41, 5.74) is 0.978. The summed E-state index contributed by atoms with van der Waals surface area (Å²) in [6, 6.07) is 3.84. The number of aryl methyl sites for hydroxylation is 1. The van der Waals surface area contributed by atoms with Crippen LogP contribution in [0.5, 0.6) is 0 Å². The zero-order valence-electron chi connectivity index (χ0n) is 15.5. The zero-order valence-corrected chi connectivity index (χ0v) is 15.5. The van der Waals surface area contributed by atoms with E-state index in [0.717, 1.165) is 23.4 Å². The standard InChI is InChI=1S/C18H17F3N8/c1-12-10-15(29-14(24-12)2-3-23-29)26-6-8-27(9-7-26)16-17-25-13(18(19,20)21)11-28(17)5-4-22-16/h2-5,10-11H,6-9H2,1H3. The fraction of sp³-hybridized carbons (Fsp3) is 0.333. The minimum absolute atomic E-state index is 0.211. The summed E-state index contributed by atoms with van der Waals surface area (Å²) < 4.78 is 42.3. The van der Waals surface area contributed by atoms with E-state index in [9.17, 15) is 13.2 Å². The molecule has 1 fully saturated rings. The third kappa shape index (κ3) is 3.02. The van der Waals surface area contributed by atoms with Crippen molar-refractivity contribution in [3.8, 4) is 0 Å². The number of nitrogens with zero attached hydrogens (tertiary/aromatic N) is 8. The maximum Gasteiger partial charge on any atom is 0.434 e. The lowest BCUT2D eigenvalue weighted by Gasteiger charge is -2.36. The molecular weight excluding hydrogens is 385 g/mol. The molecule has 0 bridgehead atoms. The summed E-state index contributed by atoms with van der Waals surface area (Å²) in [5.74, 6) is 1.40. The molecule has 4 aromatic rings. The quantitative estimate of drug-likeness (QED) is 0.513. The van der Waals surface area contributed by atoms with E-state index in [0.29, 0.717) is 32.0 Å². The largest absolute Gasteiger partial charge is 0.434 e. The molecule has 1 aliphatic heterocycles. The Morgan fingerprint density at radius 3 is 2.52 bits per heavy atom. The van der Waals surface area contributed by atoms with E-state index in [4.69, 9.17) is 0 Å². The molecule has 0 spiro atoms. The molecule has 11 heteroatoms. The second-order valence-corrected chi connectivity index (χ2v) is 6.94. The van der Waals surface area contributed by atoms with Gasteiger partial charge in [-0.2, -0.15) is 22.8 Å². The van der Waals surface area contributed by atoms with Crippen molar-refractivity contribution >= 4 is 22.9 Å². The van der Waals surface area contributed by atoms with Gasteiger partial charge in [0, 0.05) is 62.6 Å². The monoisotopic (exact) mass is 402 g/mol. The topological polar surface area (TPSA) is 66.9 Å². The summed E-state index contributed by atoms with van der Waals surface area (Å²) in [6.07, 6.45) is 1.19. The van der Waals surface area contributed by atoms with Gasteiger partial charge in [-0.05, 0) is 6.92 Å². The lowest BCUT2D eigenvalue weighted by atomic mass is 10.3. The number of aromatic nitrogens is 6. The van der Waals surface area contributed by atoms with Crippen LogP contribution in [0.4, 0.5) is 24.8 Å². The Labute approximate surface area is 163 Å². The lowest BCUT2D eigenvalue weighted by molar-refractivity contribution is -0.140. The van der Waals surface area contributed by atoms with Crippen LogP contribution in [0, 0.1) is 6.92 Å². The Balaban J connectivity index is 1.42. The van der Waals surface area contributed by atoms with Gasteiger partial charge < -0.3 is 14.2 Å². The molecule has 0 unspecified atom stereocenters. The molecule has 1 saturated heterocycles. The minimum Gasteiger partial charge on any atom is -0.353 e. The predicted octanol–water partition coefficient (Wildman–Crippen LogP) is 2.43. The number of fused-ring (bicyclic) bond motifs is 2. The van der Waals surface area contributed by atoms with Crippen molar-refractivity contribution in [2.24, 2.45) is 0 Å². The molecule has 1 aliphatic rings. The van der Waals surface area contributed by atoms with Crippen molar-refractivity contribution in [1.29, 1.82) is 0 Å². The molecule has 0 radical (unpaired) electrons. The molecule has 0 N–H and O–H groups in total. The van der Waals surface area contributed by atoms with Gasteiger partial charge in [0.05, 0.1) is 6.20 Å². The third-order valence-electron chi connectivity index (χ3n) is 5.02. The first-order valence-corrected chi connectivity index (χ1v) is 9.12. The number of piperazine rings is 1. The van der Waals surface area contributed by atoms with Crippen LogP contribution < -0.4 is 9.80 Å². The fourth-order valence-electron chi connectivity index (χ4n) is 3.66. The van der Waals surface area contributed by atoms with Crippen molar-refractivity contribution in [3.05, 3.63) is 48.3 Å². The van der Waals surface area contributed by atoms with Gasteiger partial charge in [0.15, 0.2) is 22.8 Å². The molecule has 5 heterocycles. The van der Waals surface area contributed by atoms with E-state index in [1.165, 1.54) is 16.8 Å². The second kappa shape index (κ2) is 6.33. The van der Waals surface area contributed by atoms with E-state index in [1.54, 1.807) is 10.7 Å². The van der Waals surface area contributed by atoms with E-state index >= 15 is 0 Å². The van der Waals surface area contributed by atoms with Crippen LogP contribution in [0.3, 0.4) is 0 Å². The summed E-state index contributed by atoms with van der Waals surface area (Å²) in [6.45, 7) is 4.49. The predicted molar refractivity (Wildman–Crippen MR) is 100 cm³/mol. The molecule has 0 amide bonds. The maximum atomic E-state index is 13.0. The Hall–Kier alpha value is -3.37. The Bertz CT molecular complexity index is 1190. The molecule has 5 rings (SSSR count). The van der Waals surface area contributed by atoms with Gasteiger partial charge in [0.25, 0.3) is 0 Å². The van der Waals surface area contributed by atoms with Gasteiger partial charge in [0.1, 0.15) is 5.82 Å². The molecule has 0 atom stereocenters. The summed E-state index contributed by atoms with van der Waals surface area (Å²) >= 11 is 0. The minimum atomic E-state index is -4.49. The maximum absolute atomic E-state index is 13.0. The van der Waals surface area contributed by atoms with Crippen LogP contribution in [0.15, 0.2) is 36.9 Å². The average molecular weight is 402 g/mol. The Kier molecular flexibility index (Phi) is 3.86. The first-order chi connectivity index (χ1) is 13.9. The lowest BCUT2D eigenvalue weighted by Crippen LogP contribution is -2.47. The van der Waals surface area contributed by atoms with Gasteiger partial charge in [-0.1, -0.05) is 0 Å². The summed E-state index contributed by atoms with van der Waals surface area (Å²) in [5, 5.41) is 4.35. The molecule has 0 saturated carbocycles. The van der Waals surface area contributed by atoms with Crippen LogP contribution in [-0.2, 0) is 6.18 Å². The smallest absolute Gasteiger partial charge is 0.353 e. The molecule has 8 nitrogen and oxygen atoms in total. The highest BCUT2D eigenvalue weighted by Crippen LogP contribution is 2.30. The summed E-state index contributed by atoms with van der Waals surface area (Å²) in [4.78, 5) is 16.7. The molecular formula is C18H17F3N8. The van der Waals surface area contributed by atoms with Crippen molar-refractivity contribution in [2.75, 3.05) is 36.0 Å². The van der Waals surface area contributed by atoms with Crippen LogP contribution in [0.1, 0.15) is 11.4 Å². The Morgan fingerprint density at radius 1 is 1.00 bits per heavy atom. The van der Waals surface area contributed by atoms with Crippen molar-refractivity contribution in [1.82, 2.24) is 29.0 Å². The summed E-state index contributed by atoms with van der Waals surface area (Å²) in [7, 11) is 0. The van der Waals surface area contributed by atoms with Gasteiger partial charge in [-0.3, -0.25) is 0 Å². The molecule has 0 aromatic carbocycles. The molecule has 29 heavy (non-hydrogen) atoms. The normalized spacial score (nSPS) is 15.6. The number of imidazole rings is 1. The SMILES string of the molecule is Cc1cc(N2CCN(c3nccn4cc(C(F)(F)F)nc34)CC2)n2nccc2n1. The fourth-order valence-corrected chi connectivity index (χ4v) is 3.66. The van der Waals surface area contributed by atoms with Gasteiger partial charge in [-0.15, -0.1) is 0 Å². The van der Waals surface area contributed by atoms with Crippen molar-refractivity contribution in [2.45, 2.75) is 13.1 Å². The van der Waals surface area contributed by atoms with E-state index in [1.807, 2.05) is 24.0 Å². The van der Waals surface area contributed by atoms with Gasteiger partial charge >= 0.3 is 6.18 Å². The molecule has 4 aromatic heterocycles. The molecule has 150 valence electrons. The van der Waals surface area contributed by atoms with Gasteiger partial charge in [-0.25, -0.2) is 15.0 Å². The molecule has 0 aliphatic carbocycles. The first kappa shape index (κ1) is 17.7. The highest BCUT2D eigenvalue weighted by atomic mass is 19.4. The second-order valence-electron chi connectivity index (χ2n) is 6.94. The zero-order chi connectivity index (χ0) is 20.2. The number of hydrogen-bond acceptors (Lipinski definition) is 6. The first-order valence-electron chi connectivity index (χ1n) is 9.12. The van der Waals surface area contributed by atoms with E-state index in [-0.39, 0.29) is 5.65 Å². The van der Waals surface area contributed by atoms with E-state index < -0.39 is 11.9 Å². The number of halogens is 3. The highest BCUT2D eigenvalue weighted by molar-refractivity contribution is 5.65. The Morgan fingerprint density at radius 2 is 1.76 bits per heavy atom. The van der Waals surface area contributed by atoms with Crippen molar-refractivity contribution in [3.63, 3.8) is 0 Å².